The molecule has 3 N–H and O–H groups in total. The minimum Gasteiger partial charge on any atom is -0.496 e. The Labute approximate surface area is 192 Å². The standard InChI is InChI=1S/C23H27N5O3.ClH/c1-13-19(23(29)28-15-7-8-24-10-15)21-22(27-13)20(25-12-26-21)17-6-5-16(9-18(17)30-2)31-11-14-3-4-14;/h5-6,9,12,14-15,24,27H,3-4,7-8,10-11H2,1-2H3,(H,28,29);1H/t15-;/m1./s1. The predicted molar refractivity (Wildman–Crippen MR) is 125 cm³/mol. The van der Waals surface area contributed by atoms with Crippen LogP contribution in [-0.2, 0) is 0 Å². The summed E-state index contributed by atoms with van der Waals surface area (Å²) in [6.07, 6.45) is 4.91. The Hall–Kier alpha value is -2.84. The molecule has 1 amide bonds. The molecule has 170 valence electrons. The second-order valence-corrected chi connectivity index (χ2v) is 8.35. The van der Waals surface area contributed by atoms with Crippen molar-refractivity contribution >= 4 is 29.3 Å². The van der Waals surface area contributed by atoms with Gasteiger partial charge >= 0.3 is 0 Å². The van der Waals surface area contributed by atoms with Crippen molar-refractivity contribution in [2.75, 3.05) is 26.8 Å². The normalized spacial score (nSPS) is 17.8. The van der Waals surface area contributed by atoms with Gasteiger partial charge in [0.1, 0.15) is 29.0 Å². The van der Waals surface area contributed by atoms with Crippen molar-refractivity contribution in [3.05, 3.63) is 35.8 Å². The van der Waals surface area contributed by atoms with Crippen molar-refractivity contribution in [3.8, 4) is 22.8 Å². The summed E-state index contributed by atoms with van der Waals surface area (Å²) in [6, 6.07) is 5.91. The molecule has 3 heterocycles. The highest BCUT2D eigenvalue weighted by Crippen LogP contribution is 2.37. The molecular formula is C23H28ClN5O3. The molecular weight excluding hydrogens is 430 g/mol. The van der Waals surface area contributed by atoms with Crippen LogP contribution >= 0.6 is 12.4 Å². The van der Waals surface area contributed by atoms with Crippen LogP contribution < -0.4 is 20.1 Å². The number of amides is 1. The smallest absolute Gasteiger partial charge is 0.255 e. The van der Waals surface area contributed by atoms with Gasteiger partial charge in [0.25, 0.3) is 5.91 Å². The molecule has 0 radical (unpaired) electrons. The summed E-state index contributed by atoms with van der Waals surface area (Å²) in [5.74, 6) is 2.02. The number of rotatable bonds is 7. The minimum atomic E-state index is -0.113. The monoisotopic (exact) mass is 457 g/mol. The molecule has 5 rings (SSSR count). The third kappa shape index (κ3) is 4.38. The highest BCUT2D eigenvalue weighted by atomic mass is 35.5. The van der Waals surface area contributed by atoms with Crippen molar-refractivity contribution in [2.45, 2.75) is 32.2 Å². The van der Waals surface area contributed by atoms with Gasteiger partial charge < -0.3 is 25.1 Å². The predicted octanol–water partition coefficient (Wildman–Crippen LogP) is 3.24. The summed E-state index contributed by atoms with van der Waals surface area (Å²) in [6.45, 7) is 4.34. The lowest BCUT2D eigenvalue weighted by Gasteiger charge is -2.12. The van der Waals surface area contributed by atoms with Crippen LogP contribution in [0.15, 0.2) is 24.5 Å². The maximum Gasteiger partial charge on any atom is 0.255 e. The summed E-state index contributed by atoms with van der Waals surface area (Å²) in [5.41, 5.74) is 4.18. The summed E-state index contributed by atoms with van der Waals surface area (Å²) in [7, 11) is 1.64. The number of carbonyl (C=O) groups excluding carboxylic acids is 1. The number of aryl methyl sites for hydroxylation is 1. The van der Waals surface area contributed by atoms with Crippen LogP contribution in [0.25, 0.3) is 22.3 Å². The number of nitrogens with one attached hydrogen (secondary N) is 3. The molecule has 0 unspecified atom stereocenters. The fourth-order valence-corrected chi connectivity index (χ4v) is 4.09. The van der Waals surface area contributed by atoms with Gasteiger partial charge in [-0.3, -0.25) is 4.79 Å². The summed E-state index contributed by atoms with van der Waals surface area (Å²) in [5, 5.41) is 6.38. The molecule has 2 aromatic heterocycles. The number of halogens is 1. The highest BCUT2D eigenvalue weighted by molar-refractivity contribution is 6.09. The second-order valence-electron chi connectivity index (χ2n) is 8.35. The minimum absolute atomic E-state index is 0. The van der Waals surface area contributed by atoms with Crippen molar-refractivity contribution < 1.29 is 14.3 Å². The Morgan fingerprint density at radius 2 is 2.09 bits per heavy atom. The Morgan fingerprint density at radius 3 is 2.81 bits per heavy atom. The van der Waals surface area contributed by atoms with Crippen LogP contribution in [0.5, 0.6) is 11.5 Å². The lowest BCUT2D eigenvalue weighted by molar-refractivity contribution is 0.0941. The average molecular weight is 458 g/mol. The molecule has 1 aliphatic heterocycles. The van der Waals surface area contributed by atoms with Gasteiger partial charge in [-0.2, -0.15) is 0 Å². The van der Waals surface area contributed by atoms with Gasteiger partial charge in [-0.15, -0.1) is 12.4 Å². The quantitative estimate of drug-likeness (QED) is 0.503. The molecule has 3 aromatic rings. The van der Waals surface area contributed by atoms with Gasteiger partial charge in [0.15, 0.2) is 0 Å². The van der Waals surface area contributed by atoms with Crippen molar-refractivity contribution in [2.24, 2.45) is 5.92 Å². The average Bonchev–Trinajstić information content (AvgIpc) is 3.35. The van der Waals surface area contributed by atoms with E-state index in [9.17, 15) is 4.79 Å². The van der Waals surface area contributed by atoms with Crippen LogP contribution in [-0.4, -0.2) is 53.7 Å². The first-order valence-electron chi connectivity index (χ1n) is 10.8. The summed E-state index contributed by atoms with van der Waals surface area (Å²) in [4.78, 5) is 25.2. The van der Waals surface area contributed by atoms with Crippen LogP contribution in [0.3, 0.4) is 0 Å². The van der Waals surface area contributed by atoms with E-state index in [1.54, 1.807) is 7.11 Å². The summed E-state index contributed by atoms with van der Waals surface area (Å²) < 4.78 is 11.5. The largest absolute Gasteiger partial charge is 0.496 e. The molecule has 1 saturated carbocycles. The number of hydrogen-bond acceptors (Lipinski definition) is 6. The third-order valence-corrected chi connectivity index (χ3v) is 6.00. The van der Waals surface area contributed by atoms with Crippen LogP contribution in [0.2, 0.25) is 0 Å². The first-order chi connectivity index (χ1) is 15.1. The molecule has 8 nitrogen and oxygen atoms in total. The number of methoxy groups -OCH3 is 1. The molecule has 2 fully saturated rings. The maximum atomic E-state index is 13.0. The Bertz CT molecular complexity index is 1120. The van der Waals surface area contributed by atoms with E-state index in [0.29, 0.717) is 28.4 Å². The first-order valence-corrected chi connectivity index (χ1v) is 10.8. The molecule has 1 aromatic carbocycles. The van der Waals surface area contributed by atoms with E-state index in [0.717, 1.165) is 48.6 Å². The molecule has 1 aliphatic carbocycles. The fraction of sp³-hybridized carbons (Fsp3) is 0.435. The number of nitrogens with zero attached hydrogens (tertiary/aromatic N) is 2. The lowest BCUT2D eigenvalue weighted by atomic mass is 10.1. The maximum absolute atomic E-state index is 13.0. The molecule has 0 spiro atoms. The van der Waals surface area contributed by atoms with Gasteiger partial charge in [0.05, 0.1) is 24.8 Å². The van der Waals surface area contributed by atoms with Gasteiger partial charge in [0, 0.05) is 29.9 Å². The van der Waals surface area contributed by atoms with Crippen molar-refractivity contribution in [3.63, 3.8) is 0 Å². The molecule has 1 atom stereocenters. The number of H-pyrrole nitrogens is 1. The van der Waals surface area contributed by atoms with E-state index >= 15 is 0 Å². The number of fused-ring (bicyclic) bond motifs is 1. The third-order valence-electron chi connectivity index (χ3n) is 6.00. The number of ether oxygens (including phenoxy) is 2. The van der Waals surface area contributed by atoms with E-state index in [-0.39, 0.29) is 24.4 Å². The lowest BCUT2D eigenvalue weighted by Crippen LogP contribution is -2.36. The van der Waals surface area contributed by atoms with Crippen LogP contribution in [0.1, 0.15) is 35.3 Å². The number of benzene rings is 1. The SMILES string of the molecule is COc1cc(OCC2CC2)ccc1-c1ncnc2c(C(=O)N[C@@H]3CCNC3)c(C)[nH]c12.Cl. The second kappa shape index (κ2) is 9.34. The Morgan fingerprint density at radius 1 is 1.25 bits per heavy atom. The van der Waals surface area contributed by atoms with E-state index in [4.69, 9.17) is 9.47 Å². The van der Waals surface area contributed by atoms with E-state index < -0.39 is 0 Å². The molecule has 9 heteroatoms. The fourth-order valence-electron chi connectivity index (χ4n) is 4.09. The van der Waals surface area contributed by atoms with Gasteiger partial charge in [-0.05, 0) is 50.8 Å². The van der Waals surface area contributed by atoms with Gasteiger partial charge in [-0.25, -0.2) is 9.97 Å². The number of carbonyl (C=O) groups is 1. The molecule has 2 aliphatic rings. The van der Waals surface area contributed by atoms with Gasteiger partial charge in [0.2, 0.25) is 0 Å². The van der Waals surface area contributed by atoms with E-state index in [1.165, 1.54) is 19.2 Å². The van der Waals surface area contributed by atoms with E-state index in [2.05, 4.69) is 25.6 Å². The molecule has 0 bridgehead atoms. The van der Waals surface area contributed by atoms with E-state index in [1.807, 2.05) is 25.1 Å². The van der Waals surface area contributed by atoms with Gasteiger partial charge in [-0.1, -0.05) is 0 Å². The highest BCUT2D eigenvalue weighted by Gasteiger charge is 2.25. The van der Waals surface area contributed by atoms with Crippen LogP contribution in [0.4, 0.5) is 0 Å². The zero-order chi connectivity index (χ0) is 21.4. The topological polar surface area (TPSA) is 101 Å². The zero-order valence-electron chi connectivity index (χ0n) is 18.2. The Kier molecular flexibility index (Phi) is 6.53. The number of aromatic nitrogens is 3. The van der Waals surface area contributed by atoms with Crippen molar-refractivity contribution in [1.82, 2.24) is 25.6 Å². The van der Waals surface area contributed by atoms with Crippen LogP contribution in [0, 0.1) is 12.8 Å². The summed E-state index contributed by atoms with van der Waals surface area (Å²) >= 11 is 0. The Balaban J connectivity index is 0.00000245. The molecule has 1 saturated heterocycles. The number of aromatic amines is 1. The number of hydrogen-bond donors (Lipinski definition) is 3. The zero-order valence-corrected chi connectivity index (χ0v) is 19.1. The molecule has 32 heavy (non-hydrogen) atoms. The first kappa shape index (κ1) is 22.4. The van der Waals surface area contributed by atoms with Crippen molar-refractivity contribution in [1.29, 1.82) is 0 Å².